The number of methoxy groups -OCH3 is 1. The van der Waals surface area contributed by atoms with E-state index in [1.165, 1.54) is 13.2 Å². The number of carbonyl (C=O) groups excluding carboxylic acids is 1. The number of halogens is 1. The van der Waals surface area contributed by atoms with Crippen LogP contribution in [-0.2, 0) is 4.74 Å². The fourth-order valence-corrected chi connectivity index (χ4v) is 2.31. The van der Waals surface area contributed by atoms with Crippen LogP contribution < -0.4 is 5.32 Å². The number of carbonyl (C=O) groups is 1. The number of anilines is 2. The highest BCUT2D eigenvalue weighted by molar-refractivity contribution is 7.17. The number of nitrogens with zero attached hydrogens (tertiary/aromatic N) is 1. The van der Waals surface area contributed by atoms with E-state index in [2.05, 4.69) is 15.0 Å². The van der Waals surface area contributed by atoms with Gasteiger partial charge in [0.05, 0.1) is 18.5 Å². The van der Waals surface area contributed by atoms with Crippen LogP contribution >= 0.6 is 11.3 Å². The Hall–Kier alpha value is -1.95. The second kappa shape index (κ2) is 5.14. The third-order valence-corrected chi connectivity index (χ3v) is 3.34. The number of hydrogen-bond acceptors (Lipinski definition) is 5. The molecule has 0 saturated heterocycles. The van der Waals surface area contributed by atoms with Crippen LogP contribution in [0.3, 0.4) is 0 Å². The highest BCUT2D eigenvalue weighted by Gasteiger charge is 2.16. The van der Waals surface area contributed by atoms with E-state index in [1.807, 2.05) is 0 Å². The topological polar surface area (TPSA) is 51.2 Å². The van der Waals surface area contributed by atoms with Crippen molar-refractivity contribution in [3.05, 3.63) is 40.7 Å². The van der Waals surface area contributed by atoms with Crippen LogP contribution in [0.5, 0.6) is 0 Å². The van der Waals surface area contributed by atoms with E-state index >= 15 is 0 Å². The average molecular weight is 266 g/mol. The maximum Gasteiger partial charge on any atom is 0.350 e. The Morgan fingerprint density at radius 2 is 2.17 bits per heavy atom. The first-order valence-electron chi connectivity index (χ1n) is 5.19. The van der Waals surface area contributed by atoms with Gasteiger partial charge in [0.2, 0.25) is 0 Å². The molecule has 0 unspecified atom stereocenters. The van der Waals surface area contributed by atoms with Crippen LogP contribution in [0.2, 0.25) is 0 Å². The first kappa shape index (κ1) is 12.5. The zero-order valence-corrected chi connectivity index (χ0v) is 10.7. The summed E-state index contributed by atoms with van der Waals surface area (Å²) in [6.45, 7) is 1.70. The van der Waals surface area contributed by atoms with Gasteiger partial charge in [0.25, 0.3) is 0 Å². The molecule has 0 bridgehead atoms. The van der Waals surface area contributed by atoms with Crippen molar-refractivity contribution >= 4 is 28.1 Å². The number of rotatable bonds is 3. The summed E-state index contributed by atoms with van der Waals surface area (Å²) in [4.78, 5) is 16.0. The molecule has 1 N–H and O–H groups in total. The molecule has 0 aliphatic heterocycles. The van der Waals surface area contributed by atoms with Crippen molar-refractivity contribution < 1.29 is 13.9 Å². The summed E-state index contributed by atoms with van der Waals surface area (Å²) >= 11 is 1.13. The van der Waals surface area contributed by atoms with Crippen LogP contribution in [0.15, 0.2) is 24.3 Å². The fraction of sp³-hybridized carbons (Fsp3) is 0.167. The van der Waals surface area contributed by atoms with Crippen LogP contribution in [0, 0.1) is 12.7 Å². The van der Waals surface area contributed by atoms with E-state index in [0.29, 0.717) is 21.4 Å². The molecule has 2 aromatic rings. The second-order valence-corrected chi connectivity index (χ2v) is 4.53. The van der Waals surface area contributed by atoms with E-state index in [-0.39, 0.29) is 5.82 Å². The van der Waals surface area contributed by atoms with Crippen molar-refractivity contribution in [2.24, 2.45) is 0 Å². The SMILES string of the molecule is COC(=O)c1sc(Nc2ccccc2F)nc1C. The normalized spacial score (nSPS) is 10.2. The highest BCUT2D eigenvalue weighted by Crippen LogP contribution is 2.27. The minimum Gasteiger partial charge on any atom is -0.465 e. The Morgan fingerprint density at radius 1 is 1.44 bits per heavy atom. The molecule has 1 aromatic carbocycles. The maximum absolute atomic E-state index is 13.4. The lowest BCUT2D eigenvalue weighted by Gasteiger charge is -2.02. The summed E-state index contributed by atoms with van der Waals surface area (Å²) in [7, 11) is 1.31. The number of thiazole rings is 1. The van der Waals surface area contributed by atoms with Crippen LogP contribution in [-0.4, -0.2) is 18.1 Å². The smallest absolute Gasteiger partial charge is 0.350 e. The molecule has 0 spiro atoms. The number of para-hydroxylation sites is 1. The van der Waals surface area contributed by atoms with Gasteiger partial charge >= 0.3 is 5.97 Å². The van der Waals surface area contributed by atoms with Crippen molar-refractivity contribution in [1.82, 2.24) is 4.98 Å². The van der Waals surface area contributed by atoms with Gasteiger partial charge in [-0.2, -0.15) is 0 Å². The van der Waals surface area contributed by atoms with E-state index in [1.54, 1.807) is 25.1 Å². The molecule has 0 fully saturated rings. The van der Waals surface area contributed by atoms with Gasteiger partial charge in [-0.25, -0.2) is 14.2 Å². The number of esters is 1. The van der Waals surface area contributed by atoms with E-state index < -0.39 is 5.97 Å². The van der Waals surface area contributed by atoms with Crippen LogP contribution in [0.4, 0.5) is 15.2 Å². The lowest BCUT2D eigenvalue weighted by atomic mass is 10.3. The number of aryl methyl sites for hydroxylation is 1. The molecule has 18 heavy (non-hydrogen) atoms. The Balaban J connectivity index is 2.26. The van der Waals surface area contributed by atoms with E-state index in [4.69, 9.17) is 0 Å². The predicted molar refractivity (Wildman–Crippen MR) is 67.9 cm³/mol. The molecule has 1 heterocycles. The second-order valence-electron chi connectivity index (χ2n) is 3.53. The molecule has 0 atom stereocenters. The highest BCUT2D eigenvalue weighted by atomic mass is 32.1. The zero-order chi connectivity index (χ0) is 13.1. The van der Waals surface area contributed by atoms with Gasteiger partial charge in [0.1, 0.15) is 10.7 Å². The van der Waals surface area contributed by atoms with Gasteiger partial charge in [-0.3, -0.25) is 0 Å². The fourth-order valence-electron chi connectivity index (χ4n) is 1.41. The van der Waals surface area contributed by atoms with Gasteiger partial charge in [0, 0.05) is 0 Å². The molecule has 0 aliphatic rings. The summed E-state index contributed by atoms with van der Waals surface area (Å²) in [5.41, 5.74) is 0.883. The third kappa shape index (κ3) is 2.48. The van der Waals surface area contributed by atoms with Gasteiger partial charge in [0.15, 0.2) is 5.13 Å². The lowest BCUT2D eigenvalue weighted by Crippen LogP contribution is -1.99. The van der Waals surface area contributed by atoms with Gasteiger partial charge in [-0.1, -0.05) is 23.5 Å². The van der Waals surface area contributed by atoms with E-state index in [0.717, 1.165) is 11.3 Å². The van der Waals surface area contributed by atoms with E-state index in [9.17, 15) is 9.18 Å². The molecule has 0 amide bonds. The molecule has 6 heteroatoms. The van der Waals surface area contributed by atoms with Crippen molar-refractivity contribution in [3.63, 3.8) is 0 Å². The van der Waals surface area contributed by atoms with Crippen LogP contribution in [0.1, 0.15) is 15.4 Å². The lowest BCUT2D eigenvalue weighted by molar-refractivity contribution is 0.0605. The van der Waals surface area contributed by atoms with Crippen molar-refractivity contribution in [1.29, 1.82) is 0 Å². The monoisotopic (exact) mass is 266 g/mol. The first-order valence-corrected chi connectivity index (χ1v) is 6.00. The van der Waals surface area contributed by atoms with Crippen molar-refractivity contribution in [2.45, 2.75) is 6.92 Å². The Labute approximate surface area is 107 Å². The molecule has 0 aliphatic carbocycles. The zero-order valence-electron chi connectivity index (χ0n) is 9.86. The number of nitrogens with one attached hydrogen (secondary N) is 1. The summed E-state index contributed by atoms with van der Waals surface area (Å²) in [5, 5.41) is 3.29. The quantitative estimate of drug-likeness (QED) is 0.867. The number of hydrogen-bond donors (Lipinski definition) is 1. The Kier molecular flexibility index (Phi) is 3.57. The largest absolute Gasteiger partial charge is 0.465 e. The van der Waals surface area contributed by atoms with Crippen molar-refractivity contribution in [2.75, 3.05) is 12.4 Å². The third-order valence-electron chi connectivity index (χ3n) is 2.28. The van der Waals surface area contributed by atoms with Crippen LogP contribution in [0.25, 0.3) is 0 Å². The Bertz CT molecular complexity index is 583. The minimum atomic E-state index is -0.438. The van der Waals surface area contributed by atoms with Gasteiger partial charge in [-0.05, 0) is 19.1 Å². The summed E-state index contributed by atoms with van der Waals surface area (Å²) in [6, 6.07) is 6.27. The predicted octanol–water partition coefficient (Wildman–Crippen LogP) is 3.12. The molecule has 1 aromatic heterocycles. The average Bonchev–Trinajstić information content (AvgIpc) is 2.72. The summed E-state index contributed by atoms with van der Waals surface area (Å²) in [5.74, 6) is -0.809. The summed E-state index contributed by atoms with van der Waals surface area (Å²) in [6.07, 6.45) is 0. The number of ether oxygens (including phenoxy) is 1. The number of benzene rings is 1. The van der Waals surface area contributed by atoms with Crippen molar-refractivity contribution in [3.8, 4) is 0 Å². The number of aromatic nitrogens is 1. The molecular weight excluding hydrogens is 255 g/mol. The molecule has 0 radical (unpaired) electrons. The first-order chi connectivity index (χ1) is 8.61. The summed E-state index contributed by atoms with van der Waals surface area (Å²) < 4.78 is 18.1. The molecule has 2 rings (SSSR count). The minimum absolute atomic E-state index is 0.322. The Morgan fingerprint density at radius 3 is 2.83 bits per heavy atom. The standard InChI is InChI=1S/C12H11FN2O2S/c1-7-10(11(16)17-2)18-12(14-7)15-9-6-4-3-5-8(9)13/h3-6H,1-2H3,(H,14,15). The molecule has 0 saturated carbocycles. The molecule has 94 valence electrons. The van der Waals surface area contributed by atoms with Gasteiger partial charge in [-0.15, -0.1) is 0 Å². The molecule has 4 nitrogen and oxygen atoms in total. The van der Waals surface area contributed by atoms with Gasteiger partial charge < -0.3 is 10.1 Å². The molecular formula is C12H11FN2O2S. The maximum atomic E-state index is 13.4.